The maximum absolute atomic E-state index is 11.6. The zero-order chi connectivity index (χ0) is 13.4. The molecule has 0 spiro atoms. The molecule has 0 radical (unpaired) electrons. The minimum absolute atomic E-state index is 0.303. The van der Waals surface area contributed by atoms with Gasteiger partial charge in [-0.05, 0) is 37.5 Å². The molecule has 1 rings (SSSR count). The van der Waals surface area contributed by atoms with E-state index in [1.807, 2.05) is 24.3 Å². The van der Waals surface area contributed by atoms with Gasteiger partial charge in [0.1, 0.15) is 5.75 Å². The monoisotopic (exact) mass is 250 g/mol. The molecule has 3 nitrogen and oxygen atoms in total. The second-order valence-corrected chi connectivity index (χ2v) is 4.28. The summed E-state index contributed by atoms with van der Waals surface area (Å²) in [4.78, 5) is 11.6. The van der Waals surface area contributed by atoms with Crippen molar-refractivity contribution in [3.63, 3.8) is 0 Å². The van der Waals surface area contributed by atoms with Crippen molar-refractivity contribution in [2.24, 2.45) is 0 Å². The van der Waals surface area contributed by atoms with Gasteiger partial charge in [0, 0.05) is 0 Å². The molecule has 0 saturated carbocycles. The van der Waals surface area contributed by atoms with Gasteiger partial charge in [-0.3, -0.25) is 0 Å². The Balaban J connectivity index is 2.42. The zero-order valence-electron chi connectivity index (χ0n) is 11.4. The van der Waals surface area contributed by atoms with Crippen molar-refractivity contribution in [2.75, 3.05) is 6.61 Å². The summed E-state index contributed by atoms with van der Waals surface area (Å²) >= 11 is 0. The fourth-order valence-corrected chi connectivity index (χ4v) is 1.49. The van der Waals surface area contributed by atoms with Crippen LogP contribution in [-0.2, 0) is 16.0 Å². The molecule has 1 aromatic rings. The summed E-state index contributed by atoms with van der Waals surface area (Å²) in [5.74, 6) is 0.398. The van der Waals surface area contributed by atoms with E-state index in [1.54, 1.807) is 6.92 Å². The van der Waals surface area contributed by atoms with Gasteiger partial charge in [-0.15, -0.1) is 0 Å². The van der Waals surface area contributed by atoms with Gasteiger partial charge in [0.2, 0.25) is 0 Å². The van der Waals surface area contributed by atoms with E-state index < -0.39 is 6.10 Å². The first-order valence-corrected chi connectivity index (χ1v) is 6.59. The molecule has 0 fully saturated rings. The molecule has 0 saturated heterocycles. The Labute approximate surface area is 109 Å². The van der Waals surface area contributed by atoms with Crippen molar-refractivity contribution >= 4 is 5.97 Å². The van der Waals surface area contributed by atoms with E-state index in [2.05, 4.69) is 13.8 Å². The normalized spacial score (nSPS) is 11.9. The number of esters is 1. The fourth-order valence-electron chi connectivity index (χ4n) is 1.49. The first-order chi connectivity index (χ1) is 8.67. The molecule has 0 aliphatic carbocycles. The molecule has 100 valence electrons. The third-order valence-electron chi connectivity index (χ3n) is 2.72. The molecule has 1 atom stereocenters. The molecular weight excluding hydrogens is 228 g/mol. The van der Waals surface area contributed by atoms with Gasteiger partial charge in [0.05, 0.1) is 6.61 Å². The van der Waals surface area contributed by atoms with Crippen LogP contribution in [0.2, 0.25) is 0 Å². The van der Waals surface area contributed by atoms with E-state index in [4.69, 9.17) is 9.47 Å². The van der Waals surface area contributed by atoms with Gasteiger partial charge < -0.3 is 9.47 Å². The summed E-state index contributed by atoms with van der Waals surface area (Å²) < 4.78 is 10.6. The highest BCUT2D eigenvalue weighted by Gasteiger charge is 2.15. The number of ether oxygens (including phenoxy) is 2. The van der Waals surface area contributed by atoms with E-state index in [1.165, 1.54) is 5.56 Å². The second kappa shape index (κ2) is 7.75. The van der Waals surface area contributed by atoms with Crippen LogP contribution in [0.4, 0.5) is 0 Å². The molecule has 0 N–H and O–H groups in total. The Morgan fingerprint density at radius 2 is 1.89 bits per heavy atom. The Morgan fingerprint density at radius 1 is 1.22 bits per heavy atom. The third-order valence-corrected chi connectivity index (χ3v) is 2.72. The number of rotatable bonds is 7. The van der Waals surface area contributed by atoms with Crippen LogP contribution < -0.4 is 4.74 Å². The molecule has 0 aromatic heterocycles. The van der Waals surface area contributed by atoms with Crippen molar-refractivity contribution in [1.82, 2.24) is 0 Å². The molecule has 0 amide bonds. The largest absolute Gasteiger partial charge is 0.479 e. The maximum Gasteiger partial charge on any atom is 0.347 e. The van der Waals surface area contributed by atoms with E-state index in [-0.39, 0.29) is 5.97 Å². The van der Waals surface area contributed by atoms with Crippen LogP contribution in [-0.4, -0.2) is 18.7 Å². The van der Waals surface area contributed by atoms with E-state index in [0.717, 1.165) is 19.3 Å². The molecular formula is C15H22O3. The number of benzene rings is 1. The molecule has 1 aromatic carbocycles. The summed E-state index contributed by atoms with van der Waals surface area (Å²) in [6, 6.07) is 7.78. The summed E-state index contributed by atoms with van der Waals surface area (Å²) in [5, 5.41) is 0. The van der Waals surface area contributed by atoms with E-state index >= 15 is 0 Å². The predicted octanol–water partition coefficient (Wildman–Crippen LogP) is 3.36. The molecule has 0 unspecified atom stereocenters. The summed E-state index contributed by atoms with van der Waals surface area (Å²) in [6.07, 6.45) is 2.34. The summed E-state index contributed by atoms with van der Waals surface area (Å²) in [6.45, 7) is 6.34. The van der Waals surface area contributed by atoms with Crippen LogP contribution in [0.1, 0.15) is 39.2 Å². The quantitative estimate of drug-likeness (QED) is 0.550. The highest BCUT2D eigenvalue weighted by Crippen LogP contribution is 2.14. The molecule has 18 heavy (non-hydrogen) atoms. The third kappa shape index (κ3) is 4.78. The Morgan fingerprint density at radius 3 is 2.44 bits per heavy atom. The average Bonchev–Trinajstić information content (AvgIpc) is 2.39. The van der Waals surface area contributed by atoms with Gasteiger partial charge in [-0.2, -0.15) is 0 Å². The molecule has 0 heterocycles. The lowest BCUT2D eigenvalue weighted by atomic mass is 10.2. The molecule has 0 aliphatic heterocycles. The maximum atomic E-state index is 11.6. The van der Waals surface area contributed by atoms with Crippen molar-refractivity contribution in [3.05, 3.63) is 29.8 Å². The van der Waals surface area contributed by atoms with Crippen LogP contribution in [0.3, 0.4) is 0 Å². The number of carbonyl (C=O) groups excluding carboxylic acids is 1. The molecule has 0 bridgehead atoms. The molecule has 3 heteroatoms. The van der Waals surface area contributed by atoms with E-state index in [9.17, 15) is 4.79 Å². The number of carbonyl (C=O) groups is 1. The lowest BCUT2D eigenvalue weighted by Crippen LogP contribution is -2.26. The van der Waals surface area contributed by atoms with Gasteiger partial charge in [0.15, 0.2) is 6.10 Å². The SMILES string of the molecule is CCCCOC(=O)[C@@H](C)Oc1ccc(CC)cc1. The van der Waals surface area contributed by atoms with E-state index in [0.29, 0.717) is 12.4 Å². The molecule has 0 aliphatic rings. The number of unbranched alkanes of at least 4 members (excludes halogenated alkanes) is 1. The number of hydrogen-bond donors (Lipinski definition) is 0. The minimum atomic E-state index is -0.561. The first kappa shape index (κ1) is 14.6. The van der Waals surface area contributed by atoms with Crippen LogP contribution in [0, 0.1) is 0 Å². The van der Waals surface area contributed by atoms with Crippen molar-refractivity contribution in [2.45, 2.75) is 46.1 Å². The highest BCUT2D eigenvalue weighted by atomic mass is 16.6. The number of aryl methyl sites for hydroxylation is 1. The first-order valence-electron chi connectivity index (χ1n) is 6.59. The van der Waals surface area contributed by atoms with Crippen LogP contribution in [0.15, 0.2) is 24.3 Å². The van der Waals surface area contributed by atoms with Crippen LogP contribution >= 0.6 is 0 Å². The standard InChI is InChI=1S/C15H22O3/c1-4-6-11-17-15(16)12(3)18-14-9-7-13(5-2)8-10-14/h7-10,12H,4-6,11H2,1-3H3/t12-/m1/s1. The summed E-state index contributed by atoms with van der Waals surface area (Å²) in [5.41, 5.74) is 1.25. The van der Waals surface area contributed by atoms with Crippen molar-refractivity contribution < 1.29 is 14.3 Å². The number of hydrogen-bond acceptors (Lipinski definition) is 3. The van der Waals surface area contributed by atoms with Crippen molar-refractivity contribution in [1.29, 1.82) is 0 Å². The Kier molecular flexibility index (Phi) is 6.26. The summed E-state index contributed by atoms with van der Waals surface area (Å²) in [7, 11) is 0. The van der Waals surface area contributed by atoms with Gasteiger partial charge in [-0.25, -0.2) is 4.79 Å². The Hall–Kier alpha value is -1.51. The average molecular weight is 250 g/mol. The van der Waals surface area contributed by atoms with Gasteiger partial charge in [-0.1, -0.05) is 32.4 Å². The van der Waals surface area contributed by atoms with Crippen LogP contribution in [0.25, 0.3) is 0 Å². The second-order valence-electron chi connectivity index (χ2n) is 4.28. The Bertz CT molecular complexity index is 357. The predicted molar refractivity (Wildman–Crippen MR) is 71.8 cm³/mol. The fraction of sp³-hybridized carbons (Fsp3) is 0.533. The lowest BCUT2D eigenvalue weighted by Gasteiger charge is -2.14. The highest BCUT2D eigenvalue weighted by molar-refractivity contribution is 5.74. The topological polar surface area (TPSA) is 35.5 Å². The van der Waals surface area contributed by atoms with Gasteiger partial charge in [0.25, 0.3) is 0 Å². The van der Waals surface area contributed by atoms with Gasteiger partial charge >= 0.3 is 5.97 Å². The van der Waals surface area contributed by atoms with Crippen molar-refractivity contribution in [3.8, 4) is 5.75 Å². The lowest BCUT2D eigenvalue weighted by molar-refractivity contribution is -0.151. The minimum Gasteiger partial charge on any atom is -0.479 e. The van der Waals surface area contributed by atoms with Crippen LogP contribution in [0.5, 0.6) is 5.75 Å². The zero-order valence-corrected chi connectivity index (χ0v) is 11.4. The smallest absolute Gasteiger partial charge is 0.347 e.